The fraction of sp³-hybridized carbons (Fsp3) is 0.167. The van der Waals surface area contributed by atoms with Crippen LogP contribution in [0.2, 0.25) is 0 Å². The van der Waals surface area contributed by atoms with Crippen molar-refractivity contribution in [3.63, 3.8) is 0 Å². The van der Waals surface area contributed by atoms with Gasteiger partial charge in [0, 0.05) is 30.5 Å². The first kappa shape index (κ1) is 14.1. The number of hydrazone groups is 1. The van der Waals surface area contributed by atoms with Crippen LogP contribution in [0, 0.1) is 0 Å². The molecule has 23 heavy (non-hydrogen) atoms. The number of hydrogen-bond acceptors (Lipinski definition) is 4. The molecule has 5 heteroatoms. The third kappa shape index (κ3) is 2.43. The van der Waals surface area contributed by atoms with E-state index in [0.29, 0.717) is 0 Å². The van der Waals surface area contributed by atoms with Crippen molar-refractivity contribution in [1.82, 2.24) is 9.99 Å². The zero-order valence-electron chi connectivity index (χ0n) is 12.6. The highest BCUT2D eigenvalue weighted by Gasteiger charge is 2.32. The molecule has 1 aromatic carbocycles. The van der Waals surface area contributed by atoms with Gasteiger partial charge < -0.3 is 0 Å². The lowest BCUT2D eigenvalue weighted by Crippen LogP contribution is -2.24. The molecule has 0 bridgehead atoms. The van der Waals surface area contributed by atoms with Gasteiger partial charge in [-0.05, 0) is 17.5 Å². The van der Waals surface area contributed by atoms with Gasteiger partial charge in [0.15, 0.2) is 0 Å². The van der Waals surface area contributed by atoms with E-state index in [4.69, 9.17) is 0 Å². The summed E-state index contributed by atoms with van der Waals surface area (Å²) in [6, 6.07) is 14.0. The number of amides is 1. The molecule has 4 rings (SSSR count). The first-order chi connectivity index (χ1) is 11.2. The van der Waals surface area contributed by atoms with E-state index in [1.807, 2.05) is 47.8 Å². The molecule has 0 aliphatic carbocycles. The van der Waals surface area contributed by atoms with Gasteiger partial charge in [0.1, 0.15) is 0 Å². The number of carbonyl (C=O) groups is 1. The highest BCUT2D eigenvalue weighted by Crippen LogP contribution is 2.36. The number of nitrogens with zero attached hydrogens (tertiary/aromatic N) is 3. The summed E-state index contributed by atoms with van der Waals surface area (Å²) >= 11 is 1.65. The number of hydrogen-bond donors (Lipinski definition) is 0. The molecular weight excluding hydrogens is 306 g/mol. The molecule has 0 unspecified atom stereocenters. The Labute approximate surface area is 138 Å². The summed E-state index contributed by atoms with van der Waals surface area (Å²) in [4.78, 5) is 17.7. The SMILES string of the molecule is CC(=O)N1N=C(c2cccs2)C[C@@H]1c1cccc2cccnc12. The molecule has 0 fully saturated rings. The van der Waals surface area contributed by atoms with Crippen LogP contribution in [0.3, 0.4) is 0 Å². The van der Waals surface area contributed by atoms with Crippen LogP contribution in [0.4, 0.5) is 0 Å². The smallest absolute Gasteiger partial charge is 0.240 e. The van der Waals surface area contributed by atoms with Gasteiger partial charge in [-0.2, -0.15) is 5.10 Å². The molecule has 114 valence electrons. The number of fused-ring (bicyclic) bond motifs is 1. The molecule has 2 aromatic heterocycles. The van der Waals surface area contributed by atoms with Gasteiger partial charge in [-0.1, -0.05) is 30.3 Å². The monoisotopic (exact) mass is 321 g/mol. The van der Waals surface area contributed by atoms with Gasteiger partial charge in [0.05, 0.1) is 22.1 Å². The largest absolute Gasteiger partial charge is 0.273 e. The van der Waals surface area contributed by atoms with Crippen LogP contribution < -0.4 is 0 Å². The summed E-state index contributed by atoms with van der Waals surface area (Å²) in [5, 5.41) is 9.29. The zero-order chi connectivity index (χ0) is 15.8. The predicted octanol–water partition coefficient (Wildman–Crippen LogP) is 3.99. The first-order valence-corrected chi connectivity index (χ1v) is 8.37. The van der Waals surface area contributed by atoms with Crippen LogP contribution in [0.5, 0.6) is 0 Å². The normalized spacial score (nSPS) is 17.5. The van der Waals surface area contributed by atoms with Crippen molar-refractivity contribution >= 4 is 33.9 Å². The van der Waals surface area contributed by atoms with Crippen molar-refractivity contribution in [2.75, 3.05) is 0 Å². The molecule has 0 spiro atoms. The van der Waals surface area contributed by atoms with Crippen LogP contribution in [0.15, 0.2) is 59.1 Å². The second kappa shape index (κ2) is 5.59. The Kier molecular flexibility index (Phi) is 3.42. The molecule has 0 saturated carbocycles. The number of pyridine rings is 1. The van der Waals surface area contributed by atoms with E-state index in [-0.39, 0.29) is 11.9 Å². The number of thiophene rings is 1. The minimum absolute atomic E-state index is 0.0468. The Morgan fingerprint density at radius 2 is 2.09 bits per heavy atom. The summed E-state index contributed by atoms with van der Waals surface area (Å²) in [5.41, 5.74) is 2.95. The number of benzene rings is 1. The lowest BCUT2D eigenvalue weighted by molar-refractivity contribution is -0.130. The standard InChI is InChI=1S/C18H15N3OS/c1-12(22)21-16(11-15(20-21)17-8-4-10-23-17)14-7-2-5-13-6-3-9-19-18(13)14/h2-10,16H,11H2,1H3/t16-/m1/s1. The minimum atomic E-state index is -0.0943. The maximum absolute atomic E-state index is 12.1. The van der Waals surface area contributed by atoms with Gasteiger partial charge >= 0.3 is 0 Å². The predicted molar refractivity (Wildman–Crippen MR) is 92.5 cm³/mol. The first-order valence-electron chi connectivity index (χ1n) is 7.49. The molecule has 1 atom stereocenters. The van der Waals surface area contributed by atoms with Crippen molar-refractivity contribution in [2.45, 2.75) is 19.4 Å². The van der Waals surface area contributed by atoms with Crippen molar-refractivity contribution in [3.8, 4) is 0 Å². The second-order valence-electron chi connectivity index (χ2n) is 5.53. The fourth-order valence-corrected chi connectivity index (χ4v) is 3.75. The summed E-state index contributed by atoms with van der Waals surface area (Å²) in [7, 11) is 0. The van der Waals surface area contributed by atoms with Crippen LogP contribution >= 0.6 is 11.3 Å². The van der Waals surface area contributed by atoms with E-state index >= 15 is 0 Å². The highest BCUT2D eigenvalue weighted by molar-refractivity contribution is 7.12. The van der Waals surface area contributed by atoms with Gasteiger partial charge in [-0.3, -0.25) is 9.78 Å². The number of carbonyl (C=O) groups excluding carboxylic acids is 1. The quantitative estimate of drug-likeness (QED) is 0.716. The Morgan fingerprint density at radius 3 is 2.87 bits per heavy atom. The van der Waals surface area contributed by atoms with Crippen LogP contribution in [0.25, 0.3) is 10.9 Å². The Balaban J connectivity index is 1.80. The summed E-state index contributed by atoms with van der Waals surface area (Å²) < 4.78 is 0. The number of para-hydroxylation sites is 1. The molecule has 0 N–H and O–H groups in total. The molecule has 1 aliphatic heterocycles. The van der Waals surface area contributed by atoms with Gasteiger partial charge in [0.2, 0.25) is 5.91 Å². The maximum Gasteiger partial charge on any atom is 0.240 e. The van der Waals surface area contributed by atoms with E-state index in [9.17, 15) is 4.79 Å². The molecule has 1 amide bonds. The second-order valence-corrected chi connectivity index (χ2v) is 6.48. The Morgan fingerprint density at radius 1 is 1.22 bits per heavy atom. The molecular formula is C18H15N3OS. The lowest BCUT2D eigenvalue weighted by atomic mass is 9.98. The topological polar surface area (TPSA) is 45.6 Å². The maximum atomic E-state index is 12.1. The zero-order valence-corrected chi connectivity index (χ0v) is 13.5. The third-order valence-corrected chi connectivity index (χ3v) is 4.98. The molecule has 3 heterocycles. The average Bonchev–Trinajstić information content (AvgIpc) is 3.23. The molecule has 0 radical (unpaired) electrons. The van der Waals surface area contributed by atoms with E-state index in [0.717, 1.165) is 33.5 Å². The summed E-state index contributed by atoms with van der Waals surface area (Å²) in [6.45, 7) is 1.56. The fourth-order valence-electron chi connectivity index (χ4n) is 3.03. The van der Waals surface area contributed by atoms with E-state index in [1.54, 1.807) is 29.5 Å². The number of rotatable bonds is 2. The van der Waals surface area contributed by atoms with Crippen molar-refractivity contribution in [2.24, 2.45) is 5.10 Å². The Bertz CT molecular complexity index is 896. The van der Waals surface area contributed by atoms with Gasteiger partial charge in [-0.25, -0.2) is 5.01 Å². The van der Waals surface area contributed by atoms with E-state index in [2.05, 4.69) is 10.1 Å². The third-order valence-electron chi connectivity index (χ3n) is 4.06. The van der Waals surface area contributed by atoms with Crippen molar-refractivity contribution in [1.29, 1.82) is 0 Å². The molecule has 0 saturated heterocycles. The van der Waals surface area contributed by atoms with Gasteiger partial charge in [0.25, 0.3) is 0 Å². The molecule has 4 nitrogen and oxygen atoms in total. The van der Waals surface area contributed by atoms with E-state index < -0.39 is 0 Å². The number of aromatic nitrogens is 1. The van der Waals surface area contributed by atoms with Gasteiger partial charge in [-0.15, -0.1) is 11.3 Å². The minimum Gasteiger partial charge on any atom is -0.273 e. The van der Waals surface area contributed by atoms with Crippen molar-refractivity contribution in [3.05, 3.63) is 64.5 Å². The summed E-state index contributed by atoms with van der Waals surface area (Å²) in [6.07, 6.45) is 2.51. The molecule has 3 aromatic rings. The van der Waals surface area contributed by atoms with E-state index in [1.165, 1.54) is 0 Å². The van der Waals surface area contributed by atoms with Crippen LogP contribution in [-0.4, -0.2) is 21.6 Å². The lowest BCUT2D eigenvalue weighted by Gasteiger charge is -2.21. The Hall–Kier alpha value is -2.53. The molecule has 1 aliphatic rings. The highest BCUT2D eigenvalue weighted by atomic mass is 32.1. The summed E-state index contributed by atoms with van der Waals surface area (Å²) in [5.74, 6) is -0.0468. The van der Waals surface area contributed by atoms with Crippen LogP contribution in [-0.2, 0) is 4.79 Å². The average molecular weight is 321 g/mol. The van der Waals surface area contributed by atoms with Crippen LogP contribution in [0.1, 0.15) is 29.8 Å². The van der Waals surface area contributed by atoms with Crippen molar-refractivity contribution < 1.29 is 4.79 Å².